The summed E-state index contributed by atoms with van der Waals surface area (Å²) in [4.78, 5) is 345. The fraction of sp³-hybridized carbons (Fsp3) is 1.00. The molecule has 66 nitrogen and oxygen atoms in total. The quantitative estimate of drug-likeness (QED) is 0.0403. The fourth-order valence-electron chi connectivity index (χ4n) is 12.0. The van der Waals surface area contributed by atoms with Crippen LogP contribution in [-0.4, -0.2) is 169 Å². The van der Waals surface area contributed by atoms with Crippen molar-refractivity contribution in [3.8, 4) is 0 Å². The van der Waals surface area contributed by atoms with Crippen molar-refractivity contribution in [2.45, 2.75) is 151 Å². The molecule has 4 aliphatic rings. The average Bonchev–Trinajstić information content (AvgIpc) is 0.770. The van der Waals surface area contributed by atoms with E-state index in [1.165, 1.54) is 0 Å². The van der Waals surface area contributed by atoms with Crippen LogP contribution in [0.3, 0.4) is 0 Å². The Morgan fingerprint density at radius 3 is 0.407 bits per heavy atom. The second-order valence-corrected chi connectivity index (χ2v) is 40.7. The third kappa shape index (κ3) is 43.0. The first-order valence-corrected chi connectivity index (χ1v) is 52.5. The molecule has 0 heterocycles. The number of phosphoric acid groups is 15. The Balaban J connectivity index is 0.000000612. The van der Waals surface area contributed by atoms with Gasteiger partial charge >= 0.3 is 0 Å². The van der Waals surface area contributed by atoms with Crippen LogP contribution in [0.15, 0.2) is 0 Å². The fourth-order valence-corrected chi connectivity index (χ4v) is 20.6. The van der Waals surface area contributed by atoms with Gasteiger partial charge in [0.1, 0.15) is 54.9 Å². The molecule has 118 heavy (non-hydrogen) atoms. The minimum Gasteiger partial charge on any atom is -0.790 e. The van der Waals surface area contributed by atoms with Crippen molar-refractivity contribution in [3.05, 3.63) is 0 Å². The molecule has 0 aromatic heterocycles. The van der Waals surface area contributed by atoms with E-state index in [9.17, 15) is 215 Å². The van der Waals surface area contributed by atoms with Gasteiger partial charge in [-0.05, 0) is 0 Å². The molecule has 0 aliphatic heterocycles. The predicted octanol–water partition coefficient (Wildman–Crippen LogP) is -24.0. The first-order valence-electron chi connectivity index (χ1n) is 30.6. The van der Waals surface area contributed by atoms with E-state index in [4.69, 9.17) is 28.4 Å². The van der Waals surface area contributed by atoms with Gasteiger partial charge in [0.25, 0.3) is 0 Å². The topological polar surface area (TPSA) is 1140 Å². The van der Waals surface area contributed by atoms with Gasteiger partial charge in [-0.25, -0.2) is 0 Å². The zero-order chi connectivity index (χ0) is 91.9. The van der Waals surface area contributed by atoms with Crippen LogP contribution in [0.5, 0.6) is 0 Å². The summed E-state index contributed by atoms with van der Waals surface area (Å²) < 4.78 is 267. The molecule has 4 rings (SSSR count). The zero-order valence-corrected chi connectivity index (χ0v) is 71.6. The molecule has 0 saturated heterocycles. The molecule has 81 heteroatoms. The smallest absolute Gasteiger partial charge is 0.121 e. The maximum absolute atomic E-state index is 11.6. The van der Waals surface area contributed by atoms with E-state index in [2.05, 4.69) is 67.9 Å². The minimum atomic E-state index is -6.52. The van der Waals surface area contributed by atoms with E-state index >= 15 is 0 Å². The molecular formula is C37H55O66P15-30. The second kappa shape index (κ2) is 44.1. The molecule has 0 amide bonds. The highest BCUT2D eigenvalue weighted by molar-refractivity contribution is 7.46. The van der Waals surface area contributed by atoms with Crippen molar-refractivity contribution in [1.29, 1.82) is 0 Å². The Morgan fingerprint density at radius 2 is 0.237 bits per heavy atom. The van der Waals surface area contributed by atoms with Crippen LogP contribution >= 0.6 is 117 Å². The lowest BCUT2D eigenvalue weighted by Crippen LogP contribution is -2.64. The van der Waals surface area contributed by atoms with Gasteiger partial charge in [0.05, 0.1) is 231 Å². The van der Waals surface area contributed by atoms with Crippen LogP contribution < -0.4 is 147 Å². The third-order valence-electron chi connectivity index (χ3n) is 15.6. The van der Waals surface area contributed by atoms with Gasteiger partial charge in [-0.2, -0.15) is 0 Å². The average molecular weight is 2020 g/mol. The van der Waals surface area contributed by atoms with Gasteiger partial charge < -0.3 is 312 Å². The zero-order valence-electron chi connectivity index (χ0n) is 58.2. The third-order valence-corrected chi connectivity index (χ3v) is 23.2. The predicted molar refractivity (Wildman–Crippen MR) is 294 cm³/mol. The Morgan fingerprint density at radius 1 is 0.144 bits per heavy atom. The van der Waals surface area contributed by atoms with Crippen LogP contribution in [-0.2, 0) is 165 Å². The standard InChI is InChI=1S/C19H43O31P7.C18H42O35P8/c1-8-11(13(44-51(20,21)22)10(3)15(46-53(26,27)28)14(8)45-52(23,24)25)42-6-4-41-5-7-43-12-9(2)16(47-54(29,30)31)18(49-56(35,36)37)19(50-57(38,39)40)17(12)48-55(32,33)34;1-7-9(14(49-57(28,29)30)18(53-61(40,41)42)16(51-59(34,35)36)11(7)47-55(22,23)24)44-5-3-43-4-6-45-13-10(46-54(19,20)21)8(2)12(48-56(25,26)27)15(50-58(31,32)33)17(13)52-60(37,38)39/h8-19H,4-7H2,1-3H3,(H2,20,21,22)(H2,23,24,25)(H2,26,27,28)(H2,29,30,31)(H2,32,33,34)(H2,35,36,37)(H2,38,39,40);7-18H,3-6H2,1-2H3,(H2,19,20,21)(H2,22,23,24)(H2,25,26,27)(H2,28,29,30)(H2,31,32,33)(H2,34,35,36)(H2,37,38,39)(H2,40,41,42)/p-30/t8-,9+,10-,11+,12+,13-,14+,15+,16-,17-,18-,19+;7-,8+,9-,10+,11+,12-,13+,14+,15+,16+,17+,18-/m10/s1. The molecule has 4 aliphatic carbocycles. The van der Waals surface area contributed by atoms with Crippen molar-refractivity contribution >= 4 is 117 Å². The summed E-state index contributed by atoms with van der Waals surface area (Å²) in [5.41, 5.74) is 0. The summed E-state index contributed by atoms with van der Waals surface area (Å²) in [6.45, 7) is -2.67. The molecule has 0 unspecified atom stereocenters. The summed E-state index contributed by atoms with van der Waals surface area (Å²) in [7, 11) is -94.8. The van der Waals surface area contributed by atoms with Crippen molar-refractivity contribution in [3.63, 3.8) is 0 Å². The van der Waals surface area contributed by atoms with Crippen molar-refractivity contribution in [2.75, 3.05) is 52.9 Å². The molecule has 704 valence electrons. The normalized spacial score (nSPS) is 32.2. The second-order valence-electron chi connectivity index (χ2n) is 24.1. The van der Waals surface area contributed by atoms with E-state index in [1.54, 1.807) is 0 Å². The van der Waals surface area contributed by atoms with Crippen LogP contribution in [0.25, 0.3) is 0 Å². The van der Waals surface area contributed by atoms with Gasteiger partial charge in [-0.15, -0.1) is 0 Å². The highest BCUT2D eigenvalue weighted by Crippen LogP contribution is 2.55. The lowest BCUT2D eigenvalue weighted by atomic mass is 9.75. The number of hydrogen-bond donors (Lipinski definition) is 0. The Kier molecular flexibility index (Phi) is 42.4. The molecule has 0 N–H and O–H groups in total. The van der Waals surface area contributed by atoms with Gasteiger partial charge in [0.15, 0.2) is 0 Å². The molecule has 0 radical (unpaired) electrons. The van der Waals surface area contributed by atoms with Gasteiger partial charge in [0.2, 0.25) is 0 Å². The van der Waals surface area contributed by atoms with Gasteiger partial charge in [0, 0.05) is 29.6 Å². The summed E-state index contributed by atoms with van der Waals surface area (Å²) >= 11 is 0. The first kappa shape index (κ1) is 114. The van der Waals surface area contributed by atoms with E-state index < -0.39 is 316 Å². The molecule has 0 spiro atoms. The first-order chi connectivity index (χ1) is 52.4. The molecule has 4 fully saturated rings. The number of phosphoric ester groups is 15. The summed E-state index contributed by atoms with van der Waals surface area (Å²) in [5.74, 6) is -9.46. The van der Waals surface area contributed by atoms with E-state index in [-0.39, 0.29) is 0 Å². The summed E-state index contributed by atoms with van der Waals surface area (Å²) in [6, 6.07) is 0. The molecule has 0 bridgehead atoms. The van der Waals surface area contributed by atoms with Crippen LogP contribution in [0, 0.1) is 29.6 Å². The molecule has 24 atom stereocenters. The summed E-state index contributed by atoms with van der Waals surface area (Å²) in [6.07, 6.45) is -49.8. The van der Waals surface area contributed by atoms with E-state index in [0.29, 0.717) is 6.92 Å². The maximum atomic E-state index is 11.6. The number of rotatable bonds is 46. The summed E-state index contributed by atoms with van der Waals surface area (Å²) in [5, 5.41) is 0. The highest BCUT2D eigenvalue weighted by atomic mass is 31.2. The number of hydrogen-bond acceptors (Lipinski definition) is 66. The maximum Gasteiger partial charge on any atom is 0.121 e. The molecular weight excluding hydrogens is 1960 g/mol. The van der Waals surface area contributed by atoms with Crippen molar-refractivity contribution in [2.24, 2.45) is 29.6 Å². The SMILES string of the molecule is C[C@@H]1[C@@H](OP(=O)([O-])[O-])[C@@H](OP(=O)([O-])[O-])[C@@H](OP(=O)([O-])[O-])[C@H](OP(=O)([O-])[O-])[C@H]1OCCOCCO[C@H]1[C@@H](C)[C@H](OP(=O)([O-])[O-])[C@@H](OP(=O)([O-])[O-])[C@H](C)[C@H]1OP(=O)([O-])[O-].C[C@@H]1[C@@H](OP(=O)([O-])[O-])[C@@H](OP(=O)([O-])[O-])[C@@H](OP(=O)([O-])[O-])[C@H](OP(=O)([O-])[O-])[C@H]1OCCOCCO[C@H]1[C@@H](OP(=O)([O-])[O-])[C@H](OP(=O)([O-])[O-])[C@@H](OP(=O)([O-])[O-])[C@H](C)[C@H]1OP(=O)([O-])[O-]. The Labute approximate surface area is 659 Å². The van der Waals surface area contributed by atoms with E-state index in [1.807, 2.05) is 0 Å². The van der Waals surface area contributed by atoms with Crippen LogP contribution in [0.4, 0.5) is 0 Å². The van der Waals surface area contributed by atoms with Gasteiger partial charge in [-0.1, -0.05) is 34.6 Å². The lowest BCUT2D eigenvalue weighted by molar-refractivity contribution is -0.378. The lowest BCUT2D eigenvalue weighted by Gasteiger charge is -2.55. The minimum absolute atomic E-state index is 0.624. The Hall–Kier alpha value is 1.41. The van der Waals surface area contributed by atoms with Crippen molar-refractivity contribution < 1.29 is 312 Å². The number of ether oxygens (including phenoxy) is 6. The van der Waals surface area contributed by atoms with E-state index in [0.717, 1.165) is 27.7 Å². The van der Waals surface area contributed by atoms with Crippen molar-refractivity contribution in [1.82, 2.24) is 0 Å². The molecule has 0 aromatic rings. The Bertz CT molecular complexity index is 3980. The highest BCUT2D eigenvalue weighted by Gasteiger charge is 2.58. The largest absolute Gasteiger partial charge is 0.790 e. The monoisotopic (exact) mass is 2020 g/mol. The van der Waals surface area contributed by atoms with Crippen LogP contribution in [0.2, 0.25) is 0 Å². The molecule has 0 aromatic carbocycles. The molecule has 4 saturated carbocycles. The van der Waals surface area contributed by atoms with Gasteiger partial charge in [-0.3, -0.25) is 0 Å². The van der Waals surface area contributed by atoms with Crippen LogP contribution in [0.1, 0.15) is 34.6 Å².